The number of hydrogen-bond donors (Lipinski definition) is 0. The number of benzene rings is 1. The second kappa shape index (κ2) is 5.33. The summed E-state index contributed by atoms with van der Waals surface area (Å²) < 4.78 is 1.20. The molecule has 1 unspecified atom stereocenters. The smallest absolute Gasteiger partial charge is 0.255 e. The van der Waals surface area contributed by atoms with Gasteiger partial charge in [0.15, 0.2) is 0 Å². The molecule has 1 atom stereocenters. The predicted molar refractivity (Wildman–Crippen MR) is 80.7 cm³/mol. The van der Waals surface area contributed by atoms with E-state index in [2.05, 4.69) is 19.1 Å². The van der Waals surface area contributed by atoms with Crippen molar-refractivity contribution in [3.63, 3.8) is 0 Å². The topological polar surface area (TPSA) is 20.3 Å². The molecular formula is C16H19NOS. The van der Waals surface area contributed by atoms with Crippen molar-refractivity contribution in [1.29, 1.82) is 0 Å². The predicted octanol–water partition coefficient (Wildman–Crippen LogP) is 4.16. The molecule has 100 valence electrons. The molecule has 0 spiro atoms. The second-order valence-electron chi connectivity index (χ2n) is 5.31. The van der Waals surface area contributed by atoms with Crippen LogP contribution in [0.25, 0.3) is 10.1 Å². The lowest BCUT2D eigenvalue weighted by Crippen LogP contribution is -2.39. The first kappa shape index (κ1) is 12.7. The van der Waals surface area contributed by atoms with E-state index in [0.29, 0.717) is 5.92 Å². The standard InChI is InChI=1S/C16H19NOS/c1-2-12-6-5-9-17(10-12)16(18)14-11-19-15-8-4-3-7-13(14)15/h3-4,7-8,11-12H,2,5-6,9-10H2,1H3. The van der Waals surface area contributed by atoms with Gasteiger partial charge in [-0.25, -0.2) is 0 Å². The van der Waals surface area contributed by atoms with Crippen LogP contribution in [0.15, 0.2) is 29.6 Å². The molecule has 1 aliphatic heterocycles. The van der Waals surface area contributed by atoms with Gasteiger partial charge in [0.2, 0.25) is 0 Å². The van der Waals surface area contributed by atoms with Gasteiger partial charge >= 0.3 is 0 Å². The maximum Gasteiger partial charge on any atom is 0.255 e. The van der Waals surface area contributed by atoms with Gasteiger partial charge in [0.25, 0.3) is 5.91 Å². The third kappa shape index (κ3) is 2.39. The summed E-state index contributed by atoms with van der Waals surface area (Å²) >= 11 is 1.67. The molecule has 1 fully saturated rings. The fourth-order valence-electron chi connectivity index (χ4n) is 2.90. The zero-order chi connectivity index (χ0) is 13.2. The molecule has 1 amide bonds. The molecule has 3 heteroatoms. The summed E-state index contributed by atoms with van der Waals surface area (Å²) in [7, 11) is 0. The van der Waals surface area contributed by atoms with E-state index in [-0.39, 0.29) is 5.91 Å². The number of fused-ring (bicyclic) bond motifs is 1. The lowest BCUT2D eigenvalue weighted by Gasteiger charge is -2.32. The van der Waals surface area contributed by atoms with Gasteiger partial charge in [-0.1, -0.05) is 31.5 Å². The fraction of sp³-hybridized carbons (Fsp3) is 0.438. The van der Waals surface area contributed by atoms with Crippen molar-refractivity contribution in [2.75, 3.05) is 13.1 Å². The van der Waals surface area contributed by atoms with Gasteiger partial charge in [-0.05, 0) is 24.8 Å². The summed E-state index contributed by atoms with van der Waals surface area (Å²) in [6, 6.07) is 8.18. The van der Waals surface area contributed by atoms with Crippen LogP contribution < -0.4 is 0 Å². The maximum absolute atomic E-state index is 12.7. The summed E-state index contributed by atoms with van der Waals surface area (Å²) in [6.45, 7) is 4.07. The zero-order valence-corrected chi connectivity index (χ0v) is 12.1. The molecule has 0 radical (unpaired) electrons. The molecule has 2 aromatic rings. The number of carbonyl (C=O) groups excluding carboxylic acids is 1. The Morgan fingerprint density at radius 3 is 3.11 bits per heavy atom. The van der Waals surface area contributed by atoms with Gasteiger partial charge in [-0.2, -0.15) is 0 Å². The highest BCUT2D eigenvalue weighted by molar-refractivity contribution is 7.17. The van der Waals surface area contributed by atoms with E-state index >= 15 is 0 Å². The van der Waals surface area contributed by atoms with Crippen molar-refractivity contribution < 1.29 is 4.79 Å². The quantitative estimate of drug-likeness (QED) is 0.804. The Morgan fingerprint density at radius 2 is 2.26 bits per heavy atom. The number of amides is 1. The van der Waals surface area contributed by atoms with E-state index in [1.807, 2.05) is 22.4 Å². The number of nitrogens with zero attached hydrogens (tertiary/aromatic N) is 1. The molecule has 2 heterocycles. The summed E-state index contributed by atoms with van der Waals surface area (Å²) in [5.74, 6) is 0.901. The monoisotopic (exact) mass is 273 g/mol. The van der Waals surface area contributed by atoms with Crippen LogP contribution in [0.5, 0.6) is 0 Å². The van der Waals surface area contributed by atoms with Crippen molar-refractivity contribution in [2.45, 2.75) is 26.2 Å². The zero-order valence-electron chi connectivity index (χ0n) is 11.3. The van der Waals surface area contributed by atoms with Crippen LogP contribution in [0.4, 0.5) is 0 Å². The van der Waals surface area contributed by atoms with Crippen LogP contribution in [0, 0.1) is 5.92 Å². The van der Waals surface area contributed by atoms with Crippen LogP contribution in [-0.2, 0) is 0 Å². The Kier molecular flexibility index (Phi) is 3.56. The Bertz CT molecular complexity index is 589. The third-order valence-electron chi connectivity index (χ3n) is 4.09. The van der Waals surface area contributed by atoms with Gasteiger partial charge in [-0.3, -0.25) is 4.79 Å². The second-order valence-corrected chi connectivity index (χ2v) is 6.22. The third-order valence-corrected chi connectivity index (χ3v) is 5.06. The fourth-order valence-corrected chi connectivity index (χ4v) is 3.83. The highest BCUT2D eigenvalue weighted by Gasteiger charge is 2.24. The molecule has 2 nitrogen and oxygen atoms in total. The lowest BCUT2D eigenvalue weighted by atomic mass is 9.95. The van der Waals surface area contributed by atoms with E-state index in [4.69, 9.17) is 0 Å². The molecule has 0 saturated carbocycles. The van der Waals surface area contributed by atoms with E-state index in [1.165, 1.54) is 17.5 Å². The average molecular weight is 273 g/mol. The van der Waals surface area contributed by atoms with Crippen LogP contribution in [-0.4, -0.2) is 23.9 Å². The summed E-state index contributed by atoms with van der Waals surface area (Å²) in [4.78, 5) is 14.7. The Labute approximate surface area is 118 Å². The largest absolute Gasteiger partial charge is 0.338 e. The molecule has 0 N–H and O–H groups in total. The highest BCUT2D eigenvalue weighted by Crippen LogP contribution is 2.28. The molecule has 0 bridgehead atoms. The minimum Gasteiger partial charge on any atom is -0.338 e. The van der Waals surface area contributed by atoms with Gasteiger partial charge in [-0.15, -0.1) is 11.3 Å². The van der Waals surface area contributed by atoms with Crippen molar-refractivity contribution >= 4 is 27.3 Å². The molecule has 3 rings (SSSR count). The number of rotatable bonds is 2. The van der Waals surface area contributed by atoms with Crippen LogP contribution in [0.1, 0.15) is 36.5 Å². The van der Waals surface area contributed by atoms with Crippen molar-refractivity contribution in [3.8, 4) is 0 Å². The number of hydrogen-bond acceptors (Lipinski definition) is 2. The minimum atomic E-state index is 0.218. The van der Waals surface area contributed by atoms with E-state index in [1.54, 1.807) is 11.3 Å². The van der Waals surface area contributed by atoms with E-state index in [0.717, 1.165) is 30.5 Å². The summed E-state index contributed by atoms with van der Waals surface area (Å²) in [5.41, 5.74) is 0.886. The van der Waals surface area contributed by atoms with E-state index < -0.39 is 0 Å². The van der Waals surface area contributed by atoms with Gasteiger partial charge in [0.1, 0.15) is 0 Å². The molecular weight excluding hydrogens is 254 g/mol. The number of likely N-dealkylation sites (tertiary alicyclic amines) is 1. The normalized spacial score (nSPS) is 19.8. The molecule has 0 aliphatic carbocycles. The molecule has 1 aliphatic rings. The number of thiophene rings is 1. The Hall–Kier alpha value is -1.35. The SMILES string of the molecule is CCC1CCCN(C(=O)c2csc3ccccc23)C1. The Morgan fingerprint density at radius 1 is 1.42 bits per heavy atom. The summed E-state index contributed by atoms with van der Waals surface area (Å²) in [6.07, 6.45) is 3.59. The van der Waals surface area contributed by atoms with Gasteiger partial charge in [0.05, 0.1) is 5.56 Å². The summed E-state index contributed by atoms with van der Waals surface area (Å²) in [5, 5.41) is 3.12. The first-order valence-electron chi connectivity index (χ1n) is 7.05. The molecule has 19 heavy (non-hydrogen) atoms. The first-order valence-corrected chi connectivity index (χ1v) is 7.93. The van der Waals surface area contributed by atoms with Crippen LogP contribution in [0.2, 0.25) is 0 Å². The lowest BCUT2D eigenvalue weighted by molar-refractivity contribution is 0.0673. The van der Waals surface area contributed by atoms with Crippen molar-refractivity contribution in [2.24, 2.45) is 5.92 Å². The van der Waals surface area contributed by atoms with Crippen LogP contribution in [0.3, 0.4) is 0 Å². The average Bonchev–Trinajstić information content (AvgIpc) is 2.90. The van der Waals surface area contributed by atoms with Crippen LogP contribution >= 0.6 is 11.3 Å². The highest BCUT2D eigenvalue weighted by atomic mass is 32.1. The molecule has 1 aromatic heterocycles. The minimum absolute atomic E-state index is 0.218. The van der Waals surface area contributed by atoms with Crippen molar-refractivity contribution in [1.82, 2.24) is 4.90 Å². The molecule has 1 aromatic carbocycles. The molecule has 1 saturated heterocycles. The van der Waals surface area contributed by atoms with Gasteiger partial charge < -0.3 is 4.90 Å². The van der Waals surface area contributed by atoms with E-state index in [9.17, 15) is 4.79 Å². The first-order chi connectivity index (χ1) is 9.29. The number of piperidine rings is 1. The van der Waals surface area contributed by atoms with Gasteiger partial charge in [0, 0.05) is 28.6 Å². The number of carbonyl (C=O) groups is 1. The van der Waals surface area contributed by atoms with Crippen molar-refractivity contribution in [3.05, 3.63) is 35.2 Å². The Balaban J connectivity index is 1.87. The maximum atomic E-state index is 12.7.